The minimum Gasteiger partial charge on any atom is -0.400 e. The van der Waals surface area contributed by atoms with Crippen LogP contribution in [0.1, 0.15) is 16.2 Å². The molecule has 4 aromatic rings. The van der Waals surface area contributed by atoms with Gasteiger partial charge in [0.25, 0.3) is 11.7 Å². The highest BCUT2D eigenvalue weighted by Crippen LogP contribution is 2.23. The van der Waals surface area contributed by atoms with E-state index in [2.05, 4.69) is 20.5 Å². The predicted molar refractivity (Wildman–Crippen MR) is 90.8 cm³/mol. The van der Waals surface area contributed by atoms with E-state index in [0.29, 0.717) is 16.3 Å². The summed E-state index contributed by atoms with van der Waals surface area (Å²) in [5.74, 6) is -0.414. The van der Waals surface area contributed by atoms with E-state index in [1.54, 1.807) is 30.5 Å². The lowest BCUT2D eigenvalue weighted by molar-refractivity contribution is 0.100. The lowest BCUT2D eigenvalue weighted by Crippen LogP contribution is -2.00. The van der Waals surface area contributed by atoms with Crippen LogP contribution < -0.4 is 5.32 Å². The quantitative estimate of drug-likeness (QED) is 0.545. The molecule has 2 heterocycles. The summed E-state index contributed by atoms with van der Waals surface area (Å²) in [7, 11) is 0. The highest BCUT2D eigenvalue weighted by Gasteiger charge is 2.20. The van der Waals surface area contributed by atoms with Crippen molar-refractivity contribution in [2.75, 3.05) is 5.32 Å². The third-order valence-electron chi connectivity index (χ3n) is 3.53. The number of halogens is 1. The fourth-order valence-electron chi connectivity index (χ4n) is 2.43. The molecule has 24 heavy (non-hydrogen) atoms. The van der Waals surface area contributed by atoms with Gasteiger partial charge in [-0.05, 0) is 24.3 Å². The zero-order valence-corrected chi connectivity index (χ0v) is 13.0. The summed E-state index contributed by atoms with van der Waals surface area (Å²) in [6.45, 7) is 0. The van der Waals surface area contributed by atoms with Crippen LogP contribution >= 0.6 is 11.6 Å². The minimum atomic E-state index is -0.334. The van der Waals surface area contributed by atoms with E-state index in [1.165, 1.54) is 0 Å². The van der Waals surface area contributed by atoms with Crippen molar-refractivity contribution < 1.29 is 9.21 Å². The van der Waals surface area contributed by atoms with Crippen molar-refractivity contribution in [2.45, 2.75) is 0 Å². The zero-order valence-electron chi connectivity index (χ0n) is 12.3. The van der Waals surface area contributed by atoms with Gasteiger partial charge in [0.15, 0.2) is 0 Å². The van der Waals surface area contributed by atoms with Crippen LogP contribution in [0.4, 0.5) is 11.7 Å². The average Bonchev–Trinajstić information content (AvgIpc) is 3.21. The molecule has 0 bridgehead atoms. The first-order chi connectivity index (χ1) is 11.7. The Morgan fingerprint density at radius 2 is 2.00 bits per heavy atom. The van der Waals surface area contributed by atoms with Gasteiger partial charge in [-0.15, -0.1) is 5.10 Å². The van der Waals surface area contributed by atoms with E-state index in [-0.39, 0.29) is 17.7 Å². The Balaban J connectivity index is 1.61. The van der Waals surface area contributed by atoms with Crippen molar-refractivity contribution in [1.29, 1.82) is 0 Å². The van der Waals surface area contributed by atoms with Crippen molar-refractivity contribution in [3.05, 3.63) is 71.2 Å². The summed E-state index contributed by atoms with van der Waals surface area (Å²) in [5.41, 5.74) is 2.05. The molecule has 0 aliphatic rings. The third-order valence-corrected chi connectivity index (χ3v) is 3.76. The number of H-pyrrole nitrogens is 1. The van der Waals surface area contributed by atoms with Gasteiger partial charge in [0, 0.05) is 27.8 Å². The van der Waals surface area contributed by atoms with Crippen LogP contribution in [-0.2, 0) is 0 Å². The number of hydrogen-bond donors (Lipinski definition) is 2. The molecular weight excluding hydrogens is 328 g/mol. The van der Waals surface area contributed by atoms with E-state index >= 15 is 0 Å². The molecule has 0 fully saturated rings. The number of aromatic nitrogens is 3. The molecule has 0 aliphatic heterocycles. The molecule has 2 aromatic heterocycles. The zero-order chi connectivity index (χ0) is 16.5. The summed E-state index contributed by atoms with van der Waals surface area (Å²) in [4.78, 5) is 15.6. The number of aromatic amines is 1. The van der Waals surface area contributed by atoms with Gasteiger partial charge in [-0.25, -0.2) is 0 Å². The van der Waals surface area contributed by atoms with Crippen LogP contribution in [0, 0.1) is 0 Å². The van der Waals surface area contributed by atoms with Gasteiger partial charge in [-0.1, -0.05) is 41.0 Å². The maximum atomic E-state index is 12.6. The Hall–Kier alpha value is -3.12. The average molecular weight is 339 g/mol. The second-order valence-corrected chi connectivity index (χ2v) is 5.56. The van der Waals surface area contributed by atoms with Crippen LogP contribution in [0.5, 0.6) is 0 Å². The van der Waals surface area contributed by atoms with Crippen LogP contribution in [-0.4, -0.2) is 21.0 Å². The Morgan fingerprint density at radius 1 is 1.12 bits per heavy atom. The van der Waals surface area contributed by atoms with Gasteiger partial charge < -0.3 is 14.7 Å². The molecule has 4 rings (SSSR count). The lowest BCUT2D eigenvalue weighted by atomic mass is 10.1. The van der Waals surface area contributed by atoms with Crippen molar-refractivity contribution >= 4 is 40.0 Å². The molecule has 6 nitrogen and oxygen atoms in total. The van der Waals surface area contributed by atoms with Crippen LogP contribution in [0.2, 0.25) is 5.02 Å². The van der Waals surface area contributed by atoms with Crippen molar-refractivity contribution in [1.82, 2.24) is 15.2 Å². The number of nitrogens with one attached hydrogen (secondary N) is 2. The number of ketones is 1. The van der Waals surface area contributed by atoms with Crippen molar-refractivity contribution in [3.63, 3.8) is 0 Å². The molecule has 0 saturated carbocycles. The molecule has 118 valence electrons. The fourth-order valence-corrected chi connectivity index (χ4v) is 2.62. The van der Waals surface area contributed by atoms with E-state index in [0.717, 1.165) is 10.9 Å². The van der Waals surface area contributed by atoms with E-state index in [1.807, 2.05) is 24.3 Å². The second-order valence-electron chi connectivity index (χ2n) is 5.12. The first-order valence-electron chi connectivity index (χ1n) is 7.17. The van der Waals surface area contributed by atoms with Gasteiger partial charge in [0.1, 0.15) is 0 Å². The molecular formula is C17H11ClN4O2. The first-order valence-corrected chi connectivity index (χ1v) is 7.55. The standard InChI is InChI=1S/C17H11ClN4O2/c18-10-4-3-5-11(8-10)20-17-22-21-16(24-17)15(23)13-9-19-14-7-2-1-6-12(13)14/h1-9,19H,(H,20,22). The minimum absolute atomic E-state index is 0.0794. The molecule has 0 amide bonds. The maximum Gasteiger partial charge on any atom is 0.320 e. The van der Waals surface area contributed by atoms with E-state index in [4.69, 9.17) is 16.0 Å². The summed E-state index contributed by atoms with van der Waals surface area (Å²) >= 11 is 5.93. The number of fused-ring (bicyclic) bond motifs is 1. The molecule has 2 aromatic carbocycles. The highest BCUT2D eigenvalue weighted by atomic mass is 35.5. The number of nitrogens with zero attached hydrogens (tertiary/aromatic N) is 2. The molecule has 0 saturated heterocycles. The van der Waals surface area contributed by atoms with Crippen LogP contribution in [0.3, 0.4) is 0 Å². The molecule has 0 spiro atoms. The van der Waals surface area contributed by atoms with Gasteiger partial charge in [-0.3, -0.25) is 4.79 Å². The largest absolute Gasteiger partial charge is 0.400 e. The van der Waals surface area contributed by atoms with Gasteiger partial charge in [0.2, 0.25) is 0 Å². The Labute approximate surface area is 141 Å². The van der Waals surface area contributed by atoms with E-state index in [9.17, 15) is 4.79 Å². The number of rotatable bonds is 4. The summed E-state index contributed by atoms with van der Waals surface area (Å²) in [6.07, 6.45) is 1.64. The number of benzene rings is 2. The third kappa shape index (κ3) is 2.63. The van der Waals surface area contributed by atoms with E-state index < -0.39 is 0 Å². The SMILES string of the molecule is O=C(c1nnc(Nc2cccc(Cl)c2)o1)c1c[nH]c2ccccc12. The number of para-hydroxylation sites is 1. The van der Waals surface area contributed by atoms with Crippen LogP contribution in [0.25, 0.3) is 10.9 Å². The summed E-state index contributed by atoms with van der Waals surface area (Å²) in [5, 5.41) is 12.0. The lowest BCUT2D eigenvalue weighted by Gasteiger charge is -2.00. The Morgan fingerprint density at radius 3 is 2.88 bits per heavy atom. The van der Waals surface area contributed by atoms with Gasteiger partial charge in [0.05, 0.1) is 5.56 Å². The molecule has 7 heteroatoms. The number of carbonyl (C=O) groups is 1. The first kappa shape index (κ1) is 14.5. The van der Waals surface area contributed by atoms with Crippen molar-refractivity contribution in [3.8, 4) is 0 Å². The molecule has 0 aliphatic carbocycles. The molecule has 0 radical (unpaired) electrons. The smallest absolute Gasteiger partial charge is 0.320 e. The molecule has 0 atom stereocenters. The Kier molecular flexibility index (Phi) is 3.51. The summed E-state index contributed by atoms with van der Waals surface area (Å²) in [6, 6.07) is 14.7. The number of carbonyl (C=O) groups excluding carboxylic acids is 1. The van der Waals surface area contributed by atoms with Crippen molar-refractivity contribution in [2.24, 2.45) is 0 Å². The van der Waals surface area contributed by atoms with Crippen LogP contribution in [0.15, 0.2) is 59.1 Å². The second kappa shape index (κ2) is 5.82. The molecule has 0 unspecified atom stereocenters. The topological polar surface area (TPSA) is 83.8 Å². The number of anilines is 2. The highest BCUT2D eigenvalue weighted by molar-refractivity contribution is 6.30. The summed E-state index contributed by atoms with van der Waals surface area (Å²) < 4.78 is 5.42. The van der Waals surface area contributed by atoms with Gasteiger partial charge >= 0.3 is 6.01 Å². The Bertz CT molecular complexity index is 1040. The fraction of sp³-hybridized carbons (Fsp3) is 0. The maximum absolute atomic E-state index is 12.6. The predicted octanol–water partition coefficient (Wildman–Crippen LogP) is 4.18. The normalized spacial score (nSPS) is 10.9. The number of hydrogen-bond acceptors (Lipinski definition) is 5. The monoisotopic (exact) mass is 338 g/mol. The molecule has 2 N–H and O–H groups in total. The van der Waals surface area contributed by atoms with Gasteiger partial charge in [-0.2, -0.15) is 0 Å².